The van der Waals surface area contributed by atoms with Gasteiger partial charge in [-0.25, -0.2) is 0 Å². The smallest absolute Gasteiger partial charge is 0.270 e. The highest BCUT2D eigenvalue weighted by atomic mass is 32.2. The molecular formula is C14H24O3S. The van der Waals surface area contributed by atoms with Gasteiger partial charge in [-0.15, -0.1) is 0 Å². The maximum Gasteiger partial charge on any atom is 0.296 e. The number of rotatable bonds is 6. The molecule has 1 aromatic rings. The Morgan fingerprint density at radius 3 is 2.06 bits per heavy atom. The molecule has 18 heavy (non-hydrogen) atoms. The summed E-state index contributed by atoms with van der Waals surface area (Å²) in [6.45, 7) is 6.16. The first-order chi connectivity index (χ1) is 8.60. The third-order valence-corrected chi connectivity index (χ3v) is 3.79. The largest absolute Gasteiger partial charge is 0.296 e. The van der Waals surface area contributed by atoms with Crippen LogP contribution in [0.1, 0.15) is 45.6 Å². The van der Waals surface area contributed by atoms with Gasteiger partial charge in [-0.2, -0.15) is 8.42 Å². The summed E-state index contributed by atoms with van der Waals surface area (Å²) in [5.41, 5.74) is 1.17. The molecule has 0 aliphatic carbocycles. The minimum absolute atomic E-state index is 0.217. The predicted octanol–water partition coefficient (Wildman–Crippen LogP) is 3.78. The van der Waals surface area contributed by atoms with Crippen molar-refractivity contribution in [1.82, 2.24) is 0 Å². The van der Waals surface area contributed by atoms with E-state index < -0.39 is 10.1 Å². The lowest BCUT2D eigenvalue weighted by atomic mass is 10.1. The Morgan fingerprint density at radius 1 is 1.06 bits per heavy atom. The monoisotopic (exact) mass is 272 g/mol. The van der Waals surface area contributed by atoms with Crippen LogP contribution in [0.5, 0.6) is 0 Å². The first kappa shape index (κ1) is 17.1. The van der Waals surface area contributed by atoms with Crippen LogP contribution in [0, 0.1) is 0 Å². The van der Waals surface area contributed by atoms with Crippen LogP contribution < -0.4 is 0 Å². The second-order valence-electron chi connectivity index (χ2n) is 3.72. The van der Waals surface area contributed by atoms with Crippen LogP contribution in [-0.4, -0.2) is 15.5 Å². The van der Waals surface area contributed by atoms with Crippen molar-refractivity contribution < 1.29 is 12.6 Å². The topological polar surface area (TPSA) is 43.4 Å². The van der Waals surface area contributed by atoms with Crippen molar-refractivity contribution >= 4 is 10.1 Å². The van der Waals surface area contributed by atoms with Crippen LogP contribution in [0.3, 0.4) is 0 Å². The third-order valence-electron chi connectivity index (χ3n) is 2.50. The average molecular weight is 272 g/mol. The number of hydrogen-bond acceptors (Lipinski definition) is 3. The van der Waals surface area contributed by atoms with Crippen molar-refractivity contribution in [1.29, 1.82) is 0 Å². The van der Waals surface area contributed by atoms with Crippen molar-refractivity contribution in [2.45, 2.75) is 51.3 Å². The van der Waals surface area contributed by atoms with Gasteiger partial charge >= 0.3 is 0 Å². The Balaban J connectivity index is 0.00000137. The fourth-order valence-electron chi connectivity index (χ4n) is 1.50. The molecular weight excluding hydrogens is 248 g/mol. The van der Waals surface area contributed by atoms with Crippen LogP contribution in [0.15, 0.2) is 29.2 Å². The second-order valence-corrected chi connectivity index (χ2v) is 5.43. The first-order valence-electron chi connectivity index (χ1n) is 6.49. The molecule has 3 nitrogen and oxygen atoms in total. The van der Waals surface area contributed by atoms with Crippen molar-refractivity contribution in [3.05, 3.63) is 29.8 Å². The van der Waals surface area contributed by atoms with E-state index in [1.54, 1.807) is 12.1 Å². The maximum atomic E-state index is 11.4. The van der Waals surface area contributed by atoms with Crippen molar-refractivity contribution in [3.63, 3.8) is 0 Å². The van der Waals surface area contributed by atoms with Crippen LogP contribution in [0.25, 0.3) is 0 Å². The number of benzene rings is 1. The van der Waals surface area contributed by atoms with Crippen LogP contribution in [0.2, 0.25) is 0 Å². The Hall–Kier alpha value is -0.870. The Morgan fingerprint density at radius 2 is 1.61 bits per heavy atom. The second kappa shape index (κ2) is 9.11. The molecule has 0 N–H and O–H groups in total. The van der Waals surface area contributed by atoms with Gasteiger partial charge in [0.1, 0.15) is 0 Å². The minimum atomic E-state index is -3.54. The summed E-state index contributed by atoms with van der Waals surface area (Å²) in [7, 11) is -2.37. The Kier molecular flexibility index (Phi) is 8.67. The van der Waals surface area contributed by atoms with Gasteiger partial charge < -0.3 is 0 Å². The summed E-state index contributed by atoms with van der Waals surface area (Å²) >= 11 is 0. The normalized spacial score (nSPS) is 10.7. The van der Waals surface area contributed by atoms with Crippen molar-refractivity contribution in [3.8, 4) is 0 Å². The summed E-state index contributed by atoms with van der Waals surface area (Å²) < 4.78 is 27.1. The molecule has 0 amide bonds. The fourth-order valence-corrected chi connectivity index (χ4v) is 2.16. The zero-order chi connectivity index (χ0) is 14.0. The SMILES string of the molecule is CC.CCCCCc1ccc(S(=O)(=O)OC)cc1. The standard InChI is InChI=1S/C12H18O3S.C2H6/c1-3-4-5-6-11-7-9-12(10-8-11)16(13,14)15-2;1-2/h7-10H,3-6H2,1-2H3;1-2H3. The molecule has 0 aliphatic heterocycles. The summed E-state index contributed by atoms with van der Waals surface area (Å²) in [6.07, 6.45) is 4.54. The predicted molar refractivity (Wildman–Crippen MR) is 75.2 cm³/mol. The van der Waals surface area contributed by atoms with Gasteiger partial charge in [0.15, 0.2) is 0 Å². The van der Waals surface area contributed by atoms with E-state index in [4.69, 9.17) is 0 Å². The van der Waals surface area contributed by atoms with E-state index in [-0.39, 0.29) is 4.90 Å². The van der Waals surface area contributed by atoms with E-state index >= 15 is 0 Å². The van der Waals surface area contributed by atoms with Gasteiger partial charge in [-0.05, 0) is 30.5 Å². The average Bonchev–Trinajstić information content (AvgIpc) is 2.42. The fraction of sp³-hybridized carbons (Fsp3) is 0.571. The van der Waals surface area contributed by atoms with Gasteiger partial charge in [0.05, 0.1) is 12.0 Å². The van der Waals surface area contributed by atoms with E-state index in [0.717, 1.165) is 12.8 Å². The van der Waals surface area contributed by atoms with Gasteiger partial charge in [0.2, 0.25) is 0 Å². The molecule has 0 aliphatic rings. The maximum absolute atomic E-state index is 11.4. The molecule has 0 spiro atoms. The Labute approximate surface area is 111 Å². The zero-order valence-electron chi connectivity index (χ0n) is 11.8. The summed E-state index contributed by atoms with van der Waals surface area (Å²) in [5.74, 6) is 0. The number of aryl methyl sites for hydroxylation is 1. The van der Waals surface area contributed by atoms with Gasteiger partial charge in [-0.3, -0.25) is 4.18 Å². The van der Waals surface area contributed by atoms with Gasteiger partial charge in [0.25, 0.3) is 10.1 Å². The van der Waals surface area contributed by atoms with E-state index in [1.807, 2.05) is 26.0 Å². The molecule has 0 saturated heterocycles. The third kappa shape index (κ3) is 5.65. The van der Waals surface area contributed by atoms with Gasteiger partial charge in [-0.1, -0.05) is 45.7 Å². The quantitative estimate of drug-likeness (QED) is 0.584. The van der Waals surface area contributed by atoms with E-state index in [0.29, 0.717) is 0 Å². The molecule has 4 heteroatoms. The molecule has 0 aromatic heterocycles. The lowest BCUT2D eigenvalue weighted by Gasteiger charge is -2.03. The van der Waals surface area contributed by atoms with E-state index in [1.165, 1.54) is 25.5 Å². The number of unbranched alkanes of at least 4 members (excludes halogenated alkanes) is 2. The molecule has 1 aromatic carbocycles. The van der Waals surface area contributed by atoms with Crippen molar-refractivity contribution in [2.24, 2.45) is 0 Å². The first-order valence-corrected chi connectivity index (χ1v) is 7.90. The van der Waals surface area contributed by atoms with E-state index in [2.05, 4.69) is 11.1 Å². The number of hydrogen-bond donors (Lipinski definition) is 0. The van der Waals surface area contributed by atoms with E-state index in [9.17, 15) is 8.42 Å². The van der Waals surface area contributed by atoms with Crippen molar-refractivity contribution in [2.75, 3.05) is 7.11 Å². The molecule has 104 valence electrons. The highest BCUT2D eigenvalue weighted by Gasteiger charge is 2.11. The molecule has 0 saturated carbocycles. The lowest BCUT2D eigenvalue weighted by molar-refractivity contribution is 0.398. The molecule has 0 fully saturated rings. The summed E-state index contributed by atoms with van der Waals surface area (Å²) in [5, 5.41) is 0. The molecule has 0 radical (unpaired) electrons. The molecule has 0 bridgehead atoms. The minimum Gasteiger partial charge on any atom is -0.270 e. The summed E-state index contributed by atoms with van der Waals surface area (Å²) in [4.78, 5) is 0.217. The zero-order valence-corrected chi connectivity index (χ0v) is 12.6. The van der Waals surface area contributed by atoms with Crippen LogP contribution in [0.4, 0.5) is 0 Å². The molecule has 0 heterocycles. The van der Waals surface area contributed by atoms with Crippen LogP contribution >= 0.6 is 0 Å². The highest BCUT2D eigenvalue weighted by molar-refractivity contribution is 7.86. The summed E-state index contributed by atoms with van der Waals surface area (Å²) in [6, 6.07) is 6.89. The molecule has 0 unspecified atom stereocenters. The van der Waals surface area contributed by atoms with Crippen LogP contribution in [-0.2, 0) is 20.7 Å². The molecule has 1 rings (SSSR count). The Bertz CT molecular complexity index is 407. The molecule has 0 atom stereocenters. The lowest BCUT2D eigenvalue weighted by Crippen LogP contribution is -2.02. The highest BCUT2D eigenvalue weighted by Crippen LogP contribution is 2.14. The van der Waals surface area contributed by atoms with Gasteiger partial charge in [0, 0.05) is 0 Å².